The van der Waals surface area contributed by atoms with Crippen molar-refractivity contribution in [2.75, 3.05) is 7.11 Å². The van der Waals surface area contributed by atoms with Crippen molar-refractivity contribution in [2.45, 2.75) is 19.6 Å². The van der Waals surface area contributed by atoms with Gasteiger partial charge in [-0.15, -0.1) is 0 Å². The number of benzene rings is 1. The van der Waals surface area contributed by atoms with E-state index in [2.05, 4.69) is 5.32 Å². The highest BCUT2D eigenvalue weighted by molar-refractivity contribution is 5.79. The Balaban J connectivity index is 2.47. The largest absolute Gasteiger partial charge is 0.497 e. The lowest BCUT2D eigenvalue weighted by atomic mass is 10.2. The zero-order valence-electron chi connectivity index (χ0n) is 8.86. The molecule has 1 rings (SSSR count). The first-order valence-electron chi connectivity index (χ1n) is 4.72. The van der Waals surface area contributed by atoms with Crippen LogP contribution in [0.1, 0.15) is 12.5 Å². The van der Waals surface area contributed by atoms with Gasteiger partial charge in [0.1, 0.15) is 11.9 Å². The van der Waals surface area contributed by atoms with Crippen LogP contribution in [0.3, 0.4) is 0 Å². The maximum Gasteiger partial charge on any atom is 0.248 e. The van der Waals surface area contributed by atoms with Gasteiger partial charge in [0.15, 0.2) is 0 Å². The fraction of sp³-hybridized carbons (Fsp3) is 0.364. The van der Waals surface area contributed by atoms with Crippen LogP contribution in [0.4, 0.5) is 0 Å². The van der Waals surface area contributed by atoms with Crippen LogP contribution in [0, 0.1) is 0 Å². The molecule has 82 valence electrons. The number of carbonyl (C=O) groups is 1. The summed E-state index contributed by atoms with van der Waals surface area (Å²) in [4.78, 5) is 11.1. The highest BCUT2D eigenvalue weighted by Crippen LogP contribution is 2.10. The van der Waals surface area contributed by atoms with E-state index in [1.54, 1.807) is 7.11 Å². The molecule has 1 atom stereocenters. The number of carbonyl (C=O) groups excluding carboxylic acids is 1. The van der Waals surface area contributed by atoms with Gasteiger partial charge in [0, 0.05) is 6.54 Å². The van der Waals surface area contributed by atoms with Crippen LogP contribution in [-0.2, 0) is 11.3 Å². The third-order valence-corrected chi connectivity index (χ3v) is 2.01. The smallest absolute Gasteiger partial charge is 0.248 e. The van der Waals surface area contributed by atoms with E-state index in [-0.39, 0.29) is 5.91 Å². The van der Waals surface area contributed by atoms with Crippen LogP contribution in [0.5, 0.6) is 5.75 Å². The summed E-state index contributed by atoms with van der Waals surface area (Å²) in [5, 5.41) is 11.6. The van der Waals surface area contributed by atoms with Crippen LogP contribution < -0.4 is 10.1 Å². The Bertz CT molecular complexity index is 319. The van der Waals surface area contributed by atoms with Crippen molar-refractivity contribution >= 4 is 5.91 Å². The summed E-state index contributed by atoms with van der Waals surface area (Å²) in [6, 6.07) is 7.37. The predicted molar refractivity (Wildman–Crippen MR) is 56.5 cm³/mol. The zero-order chi connectivity index (χ0) is 11.3. The van der Waals surface area contributed by atoms with Gasteiger partial charge in [-0.25, -0.2) is 0 Å². The minimum Gasteiger partial charge on any atom is -0.497 e. The van der Waals surface area contributed by atoms with E-state index in [1.165, 1.54) is 6.92 Å². The van der Waals surface area contributed by atoms with Crippen LogP contribution >= 0.6 is 0 Å². The van der Waals surface area contributed by atoms with Gasteiger partial charge in [0.2, 0.25) is 5.91 Å². The molecule has 0 aliphatic rings. The van der Waals surface area contributed by atoms with Crippen LogP contribution in [0.15, 0.2) is 24.3 Å². The van der Waals surface area contributed by atoms with Crippen LogP contribution in [0.25, 0.3) is 0 Å². The standard InChI is InChI=1S/C11H15NO3/c1-8(13)11(14)12-7-9-3-5-10(15-2)6-4-9/h3-6,8,13H,7H2,1-2H3,(H,12,14)/t8-/m0/s1. The number of hydrogen-bond acceptors (Lipinski definition) is 3. The van der Waals surface area contributed by atoms with Crippen molar-refractivity contribution in [1.82, 2.24) is 5.32 Å². The van der Waals surface area contributed by atoms with E-state index < -0.39 is 6.10 Å². The first-order chi connectivity index (χ1) is 7.13. The quantitative estimate of drug-likeness (QED) is 0.767. The third kappa shape index (κ3) is 3.59. The molecule has 0 bridgehead atoms. The molecule has 4 nitrogen and oxygen atoms in total. The van der Waals surface area contributed by atoms with Gasteiger partial charge in [0.05, 0.1) is 7.11 Å². The molecule has 1 amide bonds. The van der Waals surface area contributed by atoms with Crippen molar-refractivity contribution in [3.63, 3.8) is 0 Å². The topological polar surface area (TPSA) is 58.6 Å². The second-order valence-corrected chi connectivity index (χ2v) is 3.24. The first kappa shape index (κ1) is 11.5. The highest BCUT2D eigenvalue weighted by atomic mass is 16.5. The van der Waals surface area contributed by atoms with E-state index >= 15 is 0 Å². The maximum atomic E-state index is 11.1. The lowest BCUT2D eigenvalue weighted by Crippen LogP contribution is -2.31. The van der Waals surface area contributed by atoms with Gasteiger partial charge in [-0.05, 0) is 24.6 Å². The van der Waals surface area contributed by atoms with E-state index in [0.29, 0.717) is 6.54 Å². The Hall–Kier alpha value is -1.55. The molecule has 15 heavy (non-hydrogen) atoms. The SMILES string of the molecule is COc1ccc(CNC(=O)[C@H](C)O)cc1. The van der Waals surface area contributed by atoms with Crippen molar-refractivity contribution in [1.29, 1.82) is 0 Å². The molecule has 0 heterocycles. The monoisotopic (exact) mass is 209 g/mol. The van der Waals surface area contributed by atoms with E-state index in [0.717, 1.165) is 11.3 Å². The van der Waals surface area contributed by atoms with Gasteiger partial charge in [0.25, 0.3) is 0 Å². The number of nitrogens with one attached hydrogen (secondary N) is 1. The molecular weight excluding hydrogens is 194 g/mol. The Morgan fingerprint density at radius 1 is 1.47 bits per heavy atom. The number of hydrogen-bond donors (Lipinski definition) is 2. The van der Waals surface area contributed by atoms with Gasteiger partial charge in [-0.1, -0.05) is 12.1 Å². The second kappa shape index (κ2) is 5.36. The summed E-state index contributed by atoms with van der Waals surface area (Å²) in [6.45, 7) is 1.84. The molecule has 0 radical (unpaired) electrons. The maximum absolute atomic E-state index is 11.1. The average Bonchev–Trinajstić information content (AvgIpc) is 2.26. The summed E-state index contributed by atoms with van der Waals surface area (Å²) in [7, 11) is 1.60. The fourth-order valence-electron chi connectivity index (χ4n) is 1.08. The fourth-order valence-corrected chi connectivity index (χ4v) is 1.08. The molecule has 0 aromatic heterocycles. The van der Waals surface area contributed by atoms with Crippen LogP contribution in [-0.4, -0.2) is 24.2 Å². The van der Waals surface area contributed by atoms with E-state index in [9.17, 15) is 4.79 Å². The van der Waals surface area contributed by atoms with Crippen molar-refractivity contribution in [2.24, 2.45) is 0 Å². The van der Waals surface area contributed by atoms with Gasteiger partial charge >= 0.3 is 0 Å². The molecule has 0 spiro atoms. The second-order valence-electron chi connectivity index (χ2n) is 3.24. The van der Waals surface area contributed by atoms with Gasteiger partial charge in [-0.3, -0.25) is 4.79 Å². The normalized spacial score (nSPS) is 11.9. The molecule has 0 aliphatic heterocycles. The lowest BCUT2D eigenvalue weighted by Gasteiger charge is -2.07. The molecule has 0 fully saturated rings. The van der Waals surface area contributed by atoms with Crippen LogP contribution in [0.2, 0.25) is 0 Å². The molecule has 0 aliphatic carbocycles. The summed E-state index contributed by atoms with van der Waals surface area (Å²) in [5.41, 5.74) is 0.963. The Kier molecular flexibility index (Phi) is 4.12. The Morgan fingerprint density at radius 3 is 2.53 bits per heavy atom. The number of ether oxygens (including phenoxy) is 1. The number of methoxy groups -OCH3 is 1. The number of rotatable bonds is 4. The summed E-state index contributed by atoms with van der Waals surface area (Å²) < 4.78 is 5.01. The predicted octanol–water partition coefficient (Wildman–Crippen LogP) is 0.692. The van der Waals surface area contributed by atoms with Crippen molar-refractivity contribution < 1.29 is 14.6 Å². The number of aliphatic hydroxyl groups is 1. The molecule has 0 saturated heterocycles. The van der Waals surface area contributed by atoms with Gasteiger partial charge in [-0.2, -0.15) is 0 Å². The van der Waals surface area contributed by atoms with Crippen molar-refractivity contribution in [3.05, 3.63) is 29.8 Å². The lowest BCUT2D eigenvalue weighted by molar-refractivity contribution is -0.128. The molecule has 1 aromatic rings. The summed E-state index contributed by atoms with van der Waals surface area (Å²) in [6.07, 6.45) is -0.969. The first-order valence-corrected chi connectivity index (χ1v) is 4.72. The molecule has 4 heteroatoms. The molecular formula is C11H15NO3. The molecule has 2 N–H and O–H groups in total. The van der Waals surface area contributed by atoms with Crippen molar-refractivity contribution in [3.8, 4) is 5.75 Å². The number of aliphatic hydroxyl groups excluding tert-OH is 1. The molecule has 0 saturated carbocycles. The molecule has 0 unspecified atom stereocenters. The summed E-state index contributed by atoms with van der Waals surface area (Å²) >= 11 is 0. The average molecular weight is 209 g/mol. The highest BCUT2D eigenvalue weighted by Gasteiger charge is 2.07. The summed E-state index contributed by atoms with van der Waals surface area (Å²) in [5.74, 6) is 0.409. The van der Waals surface area contributed by atoms with Gasteiger partial charge < -0.3 is 15.2 Å². The zero-order valence-corrected chi connectivity index (χ0v) is 8.86. The number of amides is 1. The third-order valence-electron chi connectivity index (χ3n) is 2.01. The van der Waals surface area contributed by atoms with E-state index in [4.69, 9.17) is 9.84 Å². The minimum atomic E-state index is -0.969. The Morgan fingerprint density at radius 2 is 2.07 bits per heavy atom. The molecule has 1 aromatic carbocycles. The van der Waals surface area contributed by atoms with E-state index in [1.807, 2.05) is 24.3 Å². The Labute approximate surface area is 88.9 Å². The minimum absolute atomic E-state index is 0.370.